The molecule has 3 aromatic rings. The summed E-state index contributed by atoms with van der Waals surface area (Å²) in [6.45, 7) is 3.85. The number of anilines is 1. The van der Waals surface area contributed by atoms with Gasteiger partial charge in [0.25, 0.3) is 5.91 Å². The van der Waals surface area contributed by atoms with Crippen LogP contribution in [0, 0.1) is 19.8 Å². The lowest BCUT2D eigenvalue weighted by Crippen LogP contribution is -2.19. The molecule has 0 spiro atoms. The van der Waals surface area contributed by atoms with Crippen LogP contribution in [0.4, 0.5) is 18.9 Å². The summed E-state index contributed by atoms with van der Waals surface area (Å²) in [5.41, 5.74) is 1.62. The number of alkyl halides is 3. The number of carboxylic acids is 1. The van der Waals surface area contributed by atoms with Gasteiger partial charge < -0.3 is 15.2 Å². The number of hydrogen-bond acceptors (Lipinski definition) is 3. The van der Waals surface area contributed by atoms with Gasteiger partial charge in [0.1, 0.15) is 5.75 Å². The fraction of sp³-hybridized carbons (Fsp3) is 0.286. The molecule has 1 aliphatic rings. The predicted molar refractivity (Wildman–Crippen MR) is 129 cm³/mol. The smallest absolute Gasteiger partial charge is 0.418 e. The summed E-state index contributed by atoms with van der Waals surface area (Å²) in [4.78, 5) is 24.3. The van der Waals surface area contributed by atoms with Crippen LogP contribution >= 0.6 is 0 Å². The normalized spacial score (nSPS) is 16.9. The average molecular weight is 498 g/mol. The maximum Gasteiger partial charge on any atom is 0.418 e. The van der Waals surface area contributed by atoms with E-state index in [1.165, 1.54) is 12.1 Å². The Labute approximate surface area is 206 Å². The van der Waals surface area contributed by atoms with Crippen LogP contribution in [0.2, 0.25) is 0 Å². The molecule has 0 radical (unpaired) electrons. The number of amides is 1. The summed E-state index contributed by atoms with van der Waals surface area (Å²) in [6.07, 6.45) is -3.61. The molecule has 36 heavy (non-hydrogen) atoms. The van der Waals surface area contributed by atoms with Crippen molar-refractivity contribution in [3.8, 4) is 5.75 Å². The zero-order chi connectivity index (χ0) is 26.0. The maximum atomic E-state index is 13.6. The Morgan fingerprint density at radius 3 is 2.28 bits per heavy atom. The molecule has 0 bridgehead atoms. The fourth-order valence-corrected chi connectivity index (χ4v) is 4.46. The van der Waals surface area contributed by atoms with Crippen LogP contribution in [0.1, 0.15) is 50.5 Å². The summed E-state index contributed by atoms with van der Waals surface area (Å²) in [6, 6.07) is 16.6. The van der Waals surface area contributed by atoms with Crippen molar-refractivity contribution in [1.29, 1.82) is 0 Å². The zero-order valence-electron chi connectivity index (χ0n) is 19.9. The maximum absolute atomic E-state index is 13.6. The van der Waals surface area contributed by atoms with Gasteiger partial charge in [-0.1, -0.05) is 36.4 Å². The molecule has 0 aromatic heterocycles. The van der Waals surface area contributed by atoms with Crippen molar-refractivity contribution >= 4 is 17.6 Å². The highest BCUT2D eigenvalue weighted by molar-refractivity contribution is 6.07. The molecule has 5 nitrogen and oxygen atoms in total. The fourth-order valence-electron chi connectivity index (χ4n) is 4.46. The molecule has 1 aliphatic carbocycles. The third-order valence-electron chi connectivity index (χ3n) is 6.37. The second kappa shape index (κ2) is 10.0. The van der Waals surface area contributed by atoms with E-state index in [-0.39, 0.29) is 17.2 Å². The highest BCUT2D eigenvalue weighted by atomic mass is 19.4. The van der Waals surface area contributed by atoms with E-state index in [0.29, 0.717) is 41.9 Å². The van der Waals surface area contributed by atoms with Gasteiger partial charge in [0.2, 0.25) is 0 Å². The van der Waals surface area contributed by atoms with Crippen LogP contribution in [0.25, 0.3) is 0 Å². The second-order valence-electron chi connectivity index (χ2n) is 9.06. The first-order chi connectivity index (χ1) is 17.0. The van der Waals surface area contributed by atoms with E-state index in [4.69, 9.17) is 9.84 Å². The highest BCUT2D eigenvalue weighted by Crippen LogP contribution is 2.49. The lowest BCUT2D eigenvalue weighted by atomic mass is 10.00. The quantitative estimate of drug-likeness (QED) is 0.379. The van der Waals surface area contributed by atoms with Gasteiger partial charge >= 0.3 is 12.1 Å². The molecule has 0 heterocycles. The largest absolute Gasteiger partial charge is 0.493 e. The highest BCUT2D eigenvalue weighted by Gasteiger charge is 2.45. The molecule has 1 amide bonds. The number of carbonyl (C=O) groups is 2. The minimum absolute atomic E-state index is 0.263. The summed E-state index contributed by atoms with van der Waals surface area (Å²) >= 11 is 0. The van der Waals surface area contributed by atoms with E-state index in [9.17, 15) is 22.8 Å². The van der Waals surface area contributed by atoms with Gasteiger partial charge in [-0.15, -0.1) is 0 Å². The number of rotatable bonds is 8. The number of ether oxygens (including phenoxy) is 1. The Balaban J connectivity index is 1.52. The summed E-state index contributed by atoms with van der Waals surface area (Å²) in [5.74, 6) is -2.07. The van der Waals surface area contributed by atoms with Crippen LogP contribution < -0.4 is 10.1 Å². The van der Waals surface area contributed by atoms with Crippen molar-refractivity contribution in [1.82, 2.24) is 0 Å². The van der Waals surface area contributed by atoms with Gasteiger partial charge in [-0.2, -0.15) is 13.2 Å². The number of aliphatic carboxylic acids is 1. The van der Waals surface area contributed by atoms with Crippen molar-refractivity contribution in [3.63, 3.8) is 0 Å². The Kier molecular flexibility index (Phi) is 7.06. The molecule has 2 atom stereocenters. The lowest BCUT2D eigenvalue weighted by Gasteiger charge is -2.17. The predicted octanol–water partition coefficient (Wildman–Crippen LogP) is 6.38. The molecule has 1 saturated carbocycles. The monoisotopic (exact) mass is 497 g/mol. The minimum Gasteiger partial charge on any atom is -0.493 e. The van der Waals surface area contributed by atoms with Crippen LogP contribution in [-0.2, 0) is 17.4 Å². The van der Waals surface area contributed by atoms with Gasteiger partial charge in [0.15, 0.2) is 0 Å². The number of halogens is 3. The molecule has 0 unspecified atom stereocenters. The lowest BCUT2D eigenvalue weighted by molar-refractivity contribution is -0.139. The molecular weight excluding hydrogens is 471 g/mol. The van der Waals surface area contributed by atoms with Crippen molar-refractivity contribution < 1.29 is 32.6 Å². The summed E-state index contributed by atoms with van der Waals surface area (Å²) < 4.78 is 46.8. The first-order valence-electron chi connectivity index (χ1n) is 11.6. The van der Waals surface area contributed by atoms with E-state index < -0.39 is 29.5 Å². The Morgan fingerprint density at radius 2 is 1.69 bits per heavy atom. The molecule has 188 valence electrons. The van der Waals surface area contributed by atoms with Crippen LogP contribution in [0.3, 0.4) is 0 Å². The van der Waals surface area contributed by atoms with Gasteiger partial charge in [-0.25, -0.2) is 0 Å². The van der Waals surface area contributed by atoms with Gasteiger partial charge in [0, 0.05) is 12.0 Å². The first-order valence-corrected chi connectivity index (χ1v) is 11.6. The summed E-state index contributed by atoms with van der Waals surface area (Å²) in [5, 5.41) is 11.6. The Bertz CT molecular complexity index is 1260. The van der Waals surface area contributed by atoms with Gasteiger partial charge in [-0.05, 0) is 72.7 Å². The third-order valence-corrected chi connectivity index (χ3v) is 6.37. The van der Waals surface area contributed by atoms with E-state index in [1.807, 2.05) is 30.3 Å². The Hall–Kier alpha value is -3.81. The molecular formula is C28H26F3NO4. The van der Waals surface area contributed by atoms with Crippen LogP contribution in [0.15, 0.2) is 60.7 Å². The van der Waals surface area contributed by atoms with Crippen molar-refractivity contribution in [2.24, 2.45) is 5.92 Å². The SMILES string of the molecule is Cc1cc(OCCc2ccccc2)cc(C)c1C(=O)Nc1cc([C@@H]2C[C@@H]2C(=O)O)ccc1C(F)(F)F. The number of hydrogen-bond donors (Lipinski definition) is 2. The van der Waals surface area contributed by atoms with Gasteiger partial charge in [0.05, 0.1) is 23.8 Å². The molecule has 1 fully saturated rings. The third kappa shape index (κ3) is 5.70. The zero-order valence-corrected chi connectivity index (χ0v) is 19.9. The standard InChI is InChI=1S/C28H26F3NO4/c1-16-12-20(36-11-10-18-6-4-3-5-7-18)13-17(2)25(16)26(33)32-24-14-19(21-15-22(21)27(34)35)8-9-23(24)28(29,30)31/h3-9,12-14,21-22H,10-11,15H2,1-2H3,(H,32,33)(H,34,35)/t21-,22-/m0/s1. The second-order valence-corrected chi connectivity index (χ2v) is 9.06. The van der Waals surface area contributed by atoms with Crippen LogP contribution in [0.5, 0.6) is 5.75 Å². The van der Waals surface area contributed by atoms with E-state index >= 15 is 0 Å². The number of benzene rings is 3. The van der Waals surface area contributed by atoms with Crippen molar-refractivity contribution in [2.75, 3.05) is 11.9 Å². The summed E-state index contributed by atoms with van der Waals surface area (Å²) in [7, 11) is 0. The van der Waals surface area contributed by atoms with Crippen LogP contribution in [-0.4, -0.2) is 23.6 Å². The van der Waals surface area contributed by atoms with Crippen molar-refractivity contribution in [2.45, 2.75) is 38.8 Å². The Morgan fingerprint density at radius 1 is 1.03 bits per heavy atom. The molecule has 4 rings (SSSR count). The van der Waals surface area contributed by atoms with Gasteiger partial charge in [-0.3, -0.25) is 9.59 Å². The van der Waals surface area contributed by atoms with E-state index in [1.54, 1.807) is 26.0 Å². The van der Waals surface area contributed by atoms with Crippen molar-refractivity contribution in [3.05, 3.63) is 94.0 Å². The van der Waals surface area contributed by atoms with E-state index in [2.05, 4.69) is 5.32 Å². The molecule has 2 N–H and O–H groups in total. The van der Waals surface area contributed by atoms with E-state index in [0.717, 1.165) is 11.6 Å². The minimum atomic E-state index is -4.68. The first kappa shape index (κ1) is 25.3. The molecule has 3 aromatic carbocycles. The molecule has 0 saturated heterocycles. The topological polar surface area (TPSA) is 75.6 Å². The average Bonchev–Trinajstić information content (AvgIpc) is 3.60. The number of aryl methyl sites for hydroxylation is 2. The number of carboxylic acid groups (broad SMARTS) is 1. The molecule has 0 aliphatic heterocycles. The number of carbonyl (C=O) groups excluding carboxylic acids is 1. The number of nitrogens with one attached hydrogen (secondary N) is 1. The molecule has 8 heteroatoms.